The van der Waals surface area contributed by atoms with Crippen molar-refractivity contribution in [2.24, 2.45) is 21.5 Å². The molecule has 1 aromatic carbocycles. The lowest BCUT2D eigenvalue weighted by molar-refractivity contribution is -0.274. The van der Waals surface area contributed by atoms with E-state index in [4.69, 9.17) is 11.5 Å². The molecule has 0 atom stereocenters. The van der Waals surface area contributed by atoms with Gasteiger partial charge in [0.1, 0.15) is 11.5 Å². The topological polar surface area (TPSA) is 89.2 Å². The molecule has 2 aliphatic rings. The van der Waals surface area contributed by atoms with E-state index in [-0.39, 0.29) is 17.6 Å². The second kappa shape index (κ2) is 6.08. The second-order valence-electron chi connectivity index (χ2n) is 5.98. The molecule has 136 valence electrons. The molecule has 3 rings (SSSR count). The van der Waals surface area contributed by atoms with E-state index in [0.717, 1.165) is 25.3 Å². The standard InChI is InChI=1S/C15H17F4N5O/c16-9-4-5-10(11(8-9)25-15(17,18)19)24-13(21)22-12(20)23-14(24)6-2-1-3-7-14/h4-5,8H,1-3,6-7H2,(H4,20,21,22,23). The lowest BCUT2D eigenvalue weighted by Gasteiger charge is -2.45. The highest BCUT2D eigenvalue weighted by Gasteiger charge is 2.44. The minimum atomic E-state index is -4.98. The molecule has 1 spiro atoms. The van der Waals surface area contributed by atoms with Gasteiger partial charge in [0, 0.05) is 6.07 Å². The third-order valence-electron chi connectivity index (χ3n) is 4.24. The average molecular weight is 359 g/mol. The van der Waals surface area contributed by atoms with Gasteiger partial charge in [0.2, 0.25) is 11.9 Å². The van der Waals surface area contributed by atoms with Crippen molar-refractivity contribution in [3.8, 4) is 5.75 Å². The lowest BCUT2D eigenvalue weighted by Crippen LogP contribution is -2.58. The summed E-state index contributed by atoms with van der Waals surface area (Å²) in [6, 6.07) is 2.87. The van der Waals surface area contributed by atoms with E-state index < -0.39 is 23.6 Å². The molecule has 6 nitrogen and oxygen atoms in total. The van der Waals surface area contributed by atoms with Crippen LogP contribution in [0.5, 0.6) is 5.75 Å². The zero-order valence-electron chi connectivity index (χ0n) is 13.2. The van der Waals surface area contributed by atoms with E-state index in [2.05, 4.69) is 14.7 Å². The molecule has 0 aromatic heterocycles. The van der Waals surface area contributed by atoms with Crippen LogP contribution in [0.25, 0.3) is 0 Å². The fraction of sp³-hybridized carbons (Fsp3) is 0.467. The first kappa shape index (κ1) is 17.3. The van der Waals surface area contributed by atoms with E-state index in [0.29, 0.717) is 18.9 Å². The number of nitrogens with zero attached hydrogens (tertiary/aromatic N) is 3. The summed E-state index contributed by atoms with van der Waals surface area (Å²) in [6.45, 7) is 0. The highest BCUT2D eigenvalue weighted by atomic mass is 19.4. The molecule has 0 saturated heterocycles. The minimum absolute atomic E-state index is 0.0314. The van der Waals surface area contributed by atoms with Crippen molar-refractivity contribution >= 4 is 17.6 Å². The lowest BCUT2D eigenvalue weighted by atomic mass is 9.87. The summed E-state index contributed by atoms with van der Waals surface area (Å²) in [4.78, 5) is 9.60. The van der Waals surface area contributed by atoms with E-state index in [9.17, 15) is 17.6 Å². The van der Waals surface area contributed by atoms with Crippen molar-refractivity contribution in [2.45, 2.75) is 44.1 Å². The van der Waals surface area contributed by atoms with Gasteiger partial charge in [0.25, 0.3) is 0 Å². The van der Waals surface area contributed by atoms with Gasteiger partial charge in [-0.1, -0.05) is 6.42 Å². The monoisotopic (exact) mass is 359 g/mol. The molecule has 25 heavy (non-hydrogen) atoms. The molecule has 4 N–H and O–H groups in total. The van der Waals surface area contributed by atoms with Crippen LogP contribution in [0, 0.1) is 5.82 Å². The fourth-order valence-corrected chi connectivity index (χ4v) is 3.35. The van der Waals surface area contributed by atoms with Gasteiger partial charge in [0.15, 0.2) is 5.75 Å². The van der Waals surface area contributed by atoms with E-state index >= 15 is 0 Å². The van der Waals surface area contributed by atoms with Crippen LogP contribution in [-0.4, -0.2) is 23.9 Å². The number of hydrogen-bond acceptors (Lipinski definition) is 6. The molecule has 1 heterocycles. The second-order valence-corrected chi connectivity index (χ2v) is 5.98. The Bertz CT molecular complexity index is 725. The maximum absolute atomic E-state index is 13.5. The molecule has 0 bridgehead atoms. The summed E-state index contributed by atoms with van der Waals surface area (Å²) in [7, 11) is 0. The normalized spacial score (nSPS) is 20.2. The number of hydrogen-bond donors (Lipinski definition) is 2. The van der Waals surface area contributed by atoms with E-state index in [1.54, 1.807) is 0 Å². The maximum atomic E-state index is 13.5. The zero-order valence-corrected chi connectivity index (χ0v) is 13.2. The number of anilines is 1. The molecule has 10 heteroatoms. The number of nitrogens with two attached hydrogens (primary N) is 2. The Labute approximate surface area is 141 Å². The molecule has 1 fully saturated rings. The van der Waals surface area contributed by atoms with Crippen LogP contribution < -0.4 is 21.1 Å². The molecule has 1 saturated carbocycles. The highest BCUT2D eigenvalue weighted by molar-refractivity contribution is 6.06. The maximum Gasteiger partial charge on any atom is 0.573 e. The average Bonchev–Trinajstić information content (AvgIpc) is 2.48. The molecule has 1 aromatic rings. The molecule has 1 aliphatic carbocycles. The first-order valence-corrected chi connectivity index (χ1v) is 7.75. The highest BCUT2D eigenvalue weighted by Crippen LogP contribution is 2.43. The van der Waals surface area contributed by atoms with Gasteiger partial charge in [-0.2, -0.15) is 4.99 Å². The number of guanidine groups is 2. The summed E-state index contributed by atoms with van der Waals surface area (Å²) < 4.78 is 55.7. The Balaban J connectivity index is 2.11. The first-order chi connectivity index (χ1) is 11.7. The SMILES string of the molecule is NC1=NC2(CCCCC2)N(c2ccc(F)cc2OC(F)(F)F)C(N)=N1. The number of benzene rings is 1. The molecule has 0 unspecified atom stereocenters. The largest absolute Gasteiger partial charge is 0.573 e. The Hall–Kier alpha value is -2.52. The van der Waals surface area contributed by atoms with Gasteiger partial charge < -0.3 is 16.2 Å². The first-order valence-electron chi connectivity index (χ1n) is 7.75. The van der Waals surface area contributed by atoms with Gasteiger partial charge in [-0.05, 0) is 37.8 Å². The van der Waals surface area contributed by atoms with Crippen LogP contribution >= 0.6 is 0 Å². The van der Waals surface area contributed by atoms with Gasteiger partial charge in [-0.25, -0.2) is 9.38 Å². The summed E-state index contributed by atoms with van der Waals surface area (Å²) in [5.41, 5.74) is 10.7. The summed E-state index contributed by atoms with van der Waals surface area (Å²) in [6.07, 6.45) is -1.34. The van der Waals surface area contributed by atoms with Gasteiger partial charge in [-0.15, -0.1) is 13.2 Å². The van der Waals surface area contributed by atoms with Crippen LogP contribution in [0.15, 0.2) is 28.2 Å². The Kier molecular flexibility index (Phi) is 4.21. The van der Waals surface area contributed by atoms with Crippen LogP contribution in [0.1, 0.15) is 32.1 Å². The van der Waals surface area contributed by atoms with E-state index in [1.165, 1.54) is 11.0 Å². The van der Waals surface area contributed by atoms with Crippen molar-refractivity contribution in [1.82, 2.24) is 0 Å². The smallest absolute Gasteiger partial charge is 0.403 e. The van der Waals surface area contributed by atoms with Crippen LogP contribution in [0.4, 0.5) is 23.2 Å². The molecule has 0 amide bonds. The Morgan fingerprint density at radius 1 is 1.12 bits per heavy atom. The van der Waals surface area contributed by atoms with Crippen molar-refractivity contribution in [1.29, 1.82) is 0 Å². The van der Waals surface area contributed by atoms with Gasteiger partial charge in [-0.3, -0.25) is 4.90 Å². The summed E-state index contributed by atoms with van der Waals surface area (Å²) >= 11 is 0. The molecule has 0 radical (unpaired) electrons. The number of rotatable bonds is 2. The van der Waals surface area contributed by atoms with Crippen molar-refractivity contribution < 1.29 is 22.3 Å². The Morgan fingerprint density at radius 2 is 1.80 bits per heavy atom. The van der Waals surface area contributed by atoms with Crippen LogP contribution in [0.2, 0.25) is 0 Å². The Morgan fingerprint density at radius 3 is 2.44 bits per heavy atom. The molecular formula is C15H17F4N5O. The van der Waals surface area contributed by atoms with Crippen molar-refractivity contribution in [3.05, 3.63) is 24.0 Å². The third-order valence-corrected chi connectivity index (χ3v) is 4.24. The number of alkyl halides is 3. The number of aliphatic imine (C=N–C) groups is 2. The number of halogens is 4. The van der Waals surface area contributed by atoms with E-state index in [1.807, 2.05) is 0 Å². The van der Waals surface area contributed by atoms with Crippen molar-refractivity contribution in [2.75, 3.05) is 4.90 Å². The fourth-order valence-electron chi connectivity index (χ4n) is 3.35. The third kappa shape index (κ3) is 3.47. The zero-order chi connectivity index (χ0) is 18.2. The quantitative estimate of drug-likeness (QED) is 0.795. The molecule has 1 aliphatic heterocycles. The van der Waals surface area contributed by atoms with Crippen LogP contribution in [-0.2, 0) is 0 Å². The number of ether oxygens (including phenoxy) is 1. The summed E-state index contributed by atoms with van der Waals surface area (Å²) in [5, 5.41) is 0. The van der Waals surface area contributed by atoms with Crippen LogP contribution in [0.3, 0.4) is 0 Å². The predicted molar refractivity (Wildman–Crippen MR) is 84.6 cm³/mol. The minimum Gasteiger partial charge on any atom is -0.403 e. The predicted octanol–water partition coefficient (Wildman–Crippen LogP) is 2.83. The van der Waals surface area contributed by atoms with Gasteiger partial charge >= 0.3 is 6.36 Å². The van der Waals surface area contributed by atoms with Crippen molar-refractivity contribution in [3.63, 3.8) is 0 Å². The summed E-state index contributed by atoms with van der Waals surface area (Å²) in [5.74, 6) is -1.70. The van der Waals surface area contributed by atoms with Gasteiger partial charge in [0.05, 0.1) is 5.69 Å². The molecular weight excluding hydrogens is 342 g/mol.